The molecule has 3 aromatic rings. The molecule has 0 aliphatic carbocycles. The van der Waals surface area contributed by atoms with E-state index >= 15 is 0 Å². The van der Waals surface area contributed by atoms with E-state index in [-0.39, 0.29) is 23.9 Å². The van der Waals surface area contributed by atoms with Crippen LogP contribution in [-0.2, 0) is 4.79 Å². The summed E-state index contributed by atoms with van der Waals surface area (Å²) in [6.45, 7) is 3.62. The third-order valence-electron chi connectivity index (χ3n) is 5.56. The van der Waals surface area contributed by atoms with Gasteiger partial charge in [0.15, 0.2) is 0 Å². The predicted molar refractivity (Wildman–Crippen MR) is 121 cm³/mol. The van der Waals surface area contributed by atoms with E-state index in [0.29, 0.717) is 17.0 Å². The second-order valence-electron chi connectivity index (χ2n) is 7.57. The number of hydrogen-bond acceptors (Lipinski definition) is 2. The molecule has 0 unspecified atom stereocenters. The molecular weight excluding hydrogens is 396 g/mol. The number of benzene rings is 3. The Morgan fingerprint density at radius 1 is 0.933 bits per heavy atom. The smallest absolute Gasteiger partial charge is 0.258 e. The highest BCUT2D eigenvalue weighted by atomic mass is 35.5. The van der Waals surface area contributed by atoms with Gasteiger partial charge in [-0.15, -0.1) is 0 Å². The number of para-hydroxylation sites is 2. The summed E-state index contributed by atoms with van der Waals surface area (Å²) in [7, 11) is 0. The molecule has 0 radical (unpaired) electrons. The maximum atomic E-state index is 13.4. The normalized spacial score (nSPS) is 17.9. The molecule has 0 aromatic heterocycles. The zero-order valence-corrected chi connectivity index (χ0v) is 17.7. The van der Waals surface area contributed by atoms with E-state index in [2.05, 4.69) is 0 Å². The molecule has 2 atom stereocenters. The maximum Gasteiger partial charge on any atom is 0.258 e. The molecule has 30 heavy (non-hydrogen) atoms. The van der Waals surface area contributed by atoms with Gasteiger partial charge in [0.05, 0.1) is 6.04 Å². The minimum absolute atomic E-state index is 0.0225. The molecule has 0 saturated carbocycles. The average Bonchev–Trinajstić information content (AvgIpc) is 2.74. The molecule has 0 bridgehead atoms. The van der Waals surface area contributed by atoms with Gasteiger partial charge in [-0.2, -0.15) is 0 Å². The Hall–Kier alpha value is -3.11. The van der Waals surface area contributed by atoms with Crippen molar-refractivity contribution < 1.29 is 9.59 Å². The quantitative estimate of drug-likeness (QED) is 0.533. The third-order valence-corrected chi connectivity index (χ3v) is 5.81. The number of anilines is 2. The van der Waals surface area contributed by atoms with Crippen molar-refractivity contribution >= 4 is 34.8 Å². The van der Waals surface area contributed by atoms with Crippen LogP contribution in [0.15, 0.2) is 78.9 Å². The Bertz CT molecular complexity index is 1070. The van der Waals surface area contributed by atoms with Crippen molar-refractivity contribution in [3.8, 4) is 0 Å². The van der Waals surface area contributed by atoms with Crippen molar-refractivity contribution in [1.82, 2.24) is 0 Å². The lowest BCUT2D eigenvalue weighted by atomic mass is 9.89. The Labute approximate surface area is 181 Å². The number of nitrogens with zero attached hydrogens (tertiary/aromatic N) is 2. The van der Waals surface area contributed by atoms with E-state index in [0.717, 1.165) is 16.9 Å². The summed E-state index contributed by atoms with van der Waals surface area (Å²) in [5.41, 5.74) is 3.25. The van der Waals surface area contributed by atoms with Gasteiger partial charge < -0.3 is 9.80 Å². The first-order valence-corrected chi connectivity index (χ1v) is 10.4. The number of amides is 2. The highest BCUT2D eigenvalue weighted by Gasteiger charge is 2.37. The summed E-state index contributed by atoms with van der Waals surface area (Å²) in [6, 6.07) is 24.2. The van der Waals surface area contributed by atoms with Crippen molar-refractivity contribution in [2.24, 2.45) is 0 Å². The summed E-state index contributed by atoms with van der Waals surface area (Å²) in [4.78, 5) is 29.7. The van der Waals surface area contributed by atoms with E-state index in [9.17, 15) is 9.59 Å². The molecule has 3 aromatic carbocycles. The summed E-state index contributed by atoms with van der Waals surface area (Å²) < 4.78 is 0. The van der Waals surface area contributed by atoms with E-state index < -0.39 is 0 Å². The lowest BCUT2D eigenvalue weighted by Gasteiger charge is -2.43. The highest BCUT2D eigenvalue weighted by Crippen LogP contribution is 2.42. The Morgan fingerprint density at radius 2 is 1.57 bits per heavy atom. The highest BCUT2D eigenvalue weighted by molar-refractivity contribution is 6.30. The van der Waals surface area contributed by atoms with Gasteiger partial charge in [0.25, 0.3) is 5.91 Å². The molecule has 5 heteroatoms. The van der Waals surface area contributed by atoms with Crippen LogP contribution in [0.2, 0.25) is 5.02 Å². The van der Waals surface area contributed by atoms with Gasteiger partial charge in [-0.05, 0) is 61.4 Å². The number of carbonyl (C=O) groups excluding carboxylic acids is 2. The predicted octanol–water partition coefficient (Wildman–Crippen LogP) is 5.87. The van der Waals surface area contributed by atoms with Crippen molar-refractivity contribution in [2.75, 3.05) is 9.80 Å². The summed E-state index contributed by atoms with van der Waals surface area (Å²) in [6.07, 6.45) is 0.644. The number of halogens is 1. The van der Waals surface area contributed by atoms with E-state index in [1.54, 1.807) is 31.2 Å². The fourth-order valence-electron chi connectivity index (χ4n) is 4.24. The zero-order chi connectivity index (χ0) is 21.3. The first-order chi connectivity index (χ1) is 14.5. The van der Waals surface area contributed by atoms with Gasteiger partial charge in [0.2, 0.25) is 5.91 Å². The van der Waals surface area contributed by atoms with Crippen LogP contribution < -0.4 is 9.80 Å². The van der Waals surface area contributed by atoms with Crippen molar-refractivity contribution in [2.45, 2.75) is 32.4 Å². The minimum Gasteiger partial charge on any atom is -0.305 e. The van der Waals surface area contributed by atoms with Gasteiger partial charge in [0, 0.05) is 34.9 Å². The molecule has 2 amide bonds. The molecule has 0 spiro atoms. The van der Waals surface area contributed by atoms with Gasteiger partial charge in [-0.1, -0.05) is 48.0 Å². The van der Waals surface area contributed by atoms with E-state index in [1.165, 1.54) is 0 Å². The first kappa shape index (κ1) is 20.2. The number of rotatable bonds is 3. The van der Waals surface area contributed by atoms with E-state index in [4.69, 9.17) is 11.6 Å². The Morgan fingerprint density at radius 3 is 2.23 bits per heavy atom. The summed E-state index contributed by atoms with van der Waals surface area (Å²) in [5, 5.41) is 0.596. The third kappa shape index (κ3) is 3.71. The second-order valence-corrected chi connectivity index (χ2v) is 8.00. The van der Waals surface area contributed by atoms with Crippen LogP contribution in [0.3, 0.4) is 0 Å². The van der Waals surface area contributed by atoms with Crippen LogP contribution in [0.1, 0.15) is 42.2 Å². The number of carbonyl (C=O) groups is 2. The number of fused-ring (bicyclic) bond motifs is 1. The molecule has 1 aliphatic heterocycles. The largest absolute Gasteiger partial charge is 0.305 e. The van der Waals surface area contributed by atoms with Gasteiger partial charge in [0.1, 0.15) is 0 Å². The van der Waals surface area contributed by atoms with Crippen molar-refractivity contribution in [1.29, 1.82) is 0 Å². The Kier molecular flexibility index (Phi) is 5.60. The first-order valence-electron chi connectivity index (χ1n) is 10.00. The monoisotopic (exact) mass is 418 g/mol. The van der Waals surface area contributed by atoms with Crippen LogP contribution in [0, 0.1) is 0 Å². The molecule has 4 rings (SSSR count). The molecule has 0 saturated heterocycles. The zero-order valence-electron chi connectivity index (χ0n) is 17.0. The molecule has 4 nitrogen and oxygen atoms in total. The fraction of sp³-hybridized carbons (Fsp3) is 0.200. The van der Waals surface area contributed by atoms with E-state index in [1.807, 2.05) is 71.3 Å². The number of hydrogen-bond donors (Lipinski definition) is 0. The lowest BCUT2D eigenvalue weighted by molar-refractivity contribution is -0.117. The van der Waals surface area contributed by atoms with Gasteiger partial charge >= 0.3 is 0 Å². The molecule has 1 heterocycles. The average molecular weight is 419 g/mol. The van der Waals surface area contributed by atoms with Crippen molar-refractivity contribution in [3.63, 3.8) is 0 Å². The van der Waals surface area contributed by atoms with Crippen LogP contribution in [0.25, 0.3) is 0 Å². The van der Waals surface area contributed by atoms with Crippen LogP contribution in [0.5, 0.6) is 0 Å². The molecular formula is C25H23ClN2O2. The SMILES string of the molecule is CC(=O)N(c1ccccc1)[C@H]1C[C@@H](C)N(C(=O)c2ccc(Cl)cc2)c2ccccc21. The minimum atomic E-state index is -0.148. The van der Waals surface area contributed by atoms with Gasteiger partial charge in [-0.25, -0.2) is 0 Å². The second kappa shape index (κ2) is 8.33. The van der Waals surface area contributed by atoms with Crippen LogP contribution in [-0.4, -0.2) is 17.9 Å². The summed E-state index contributed by atoms with van der Waals surface area (Å²) in [5.74, 6) is -0.0927. The van der Waals surface area contributed by atoms with Gasteiger partial charge in [-0.3, -0.25) is 9.59 Å². The molecule has 152 valence electrons. The molecule has 0 fully saturated rings. The Balaban J connectivity index is 1.77. The lowest BCUT2D eigenvalue weighted by Crippen LogP contribution is -2.47. The maximum absolute atomic E-state index is 13.4. The summed E-state index contributed by atoms with van der Waals surface area (Å²) >= 11 is 5.99. The fourth-order valence-corrected chi connectivity index (χ4v) is 4.36. The molecule has 0 N–H and O–H groups in total. The standard InChI is InChI=1S/C25H23ClN2O2/c1-17-16-24(28(18(2)29)21-8-4-3-5-9-21)22-10-6-7-11-23(22)27(17)25(30)19-12-14-20(26)15-13-19/h3-15,17,24H,16H2,1-2H3/t17-,24+/m1/s1. The molecule has 1 aliphatic rings. The van der Waals surface area contributed by atoms with Crippen molar-refractivity contribution in [3.05, 3.63) is 95.0 Å². The van der Waals surface area contributed by atoms with Crippen LogP contribution in [0.4, 0.5) is 11.4 Å². The van der Waals surface area contributed by atoms with Crippen LogP contribution >= 0.6 is 11.6 Å². The topological polar surface area (TPSA) is 40.6 Å².